The molecule has 0 aliphatic heterocycles. The molecule has 1 amide bonds. The zero-order valence-electron chi connectivity index (χ0n) is 18.2. The number of hydrogen-bond donors (Lipinski definition) is 2. The Morgan fingerprint density at radius 1 is 1.00 bits per heavy atom. The van der Waals surface area contributed by atoms with Crippen molar-refractivity contribution in [1.82, 2.24) is 15.0 Å². The molecule has 1 fully saturated rings. The van der Waals surface area contributed by atoms with Gasteiger partial charge < -0.3 is 10.1 Å². The Balaban J connectivity index is 1.31. The second kappa shape index (κ2) is 10.6. The predicted octanol–water partition coefficient (Wildman–Crippen LogP) is 3.81. The topological polar surface area (TPSA) is 97.4 Å². The third-order valence-electron chi connectivity index (χ3n) is 5.59. The predicted molar refractivity (Wildman–Crippen MR) is 125 cm³/mol. The molecule has 1 heterocycles. The van der Waals surface area contributed by atoms with Crippen molar-refractivity contribution in [3.8, 4) is 5.75 Å². The molecule has 0 bridgehead atoms. The van der Waals surface area contributed by atoms with E-state index in [4.69, 9.17) is 4.74 Å². The Labute approximate surface area is 194 Å². The van der Waals surface area contributed by atoms with E-state index >= 15 is 0 Å². The molecule has 0 atom stereocenters. The highest BCUT2D eigenvalue weighted by Crippen LogP contribution is 2.21. The Hall–Kier alpha value is -3.23. The van der Waals surface area contributed by atoms with Gasteiger partial charge in [0.15, 0.2) is 0 Å². The van der Waals surface area contributed by atoms with Gasteiger partial charge in [0, 0.05) is 36.1 Å². The van der Waals surface area contributed by atoms with E-state index in [0.29, 0.717) is 18.7 Å². The number of nitrogens with zero attached hydrogens (tertiary/aromatic N) is 1. The number of pyridine rings is 1. The van der Waals surface area contributed by atoms with Gasteiger partial charge in [0.1, 0.15) is 12.4 Å². The van der Waals surface area contributed by atoms with E-state index in [9.17, 15) is 13.2 Å². The van der Waals surface area contributed by atoms with Crippen LogP contribution in [-0.4, -0.2) is 25.4 Å². The highest BCUT2D eigenvalue weighted by Gasteiger charge is 2.23. The lowest BCUT2D eigenvalue weighted by Gasteiger charge is -2.13. The average molecular weight is 466 g/mol. The first kappa shape index (κ1) is 22.9. The number of ether oxygens (including phenoxy) is 1. The standard InChI is InChI=1S/C25H27N3O4S/c29-25(21-6-3-9-24(15-21)33(30,31)28-22-7-1-2-8-22)27-17-19-10-12-23(13-11-19)32-18-20-5-4-14-26-16-20/h3-6,9-16,22,28H,1-2,7-8,17-18H2,(H,27,29). The molecule has 2 N–H and O–H groups in total. The van der Waals surface area contributed by atoms with E-state index in [1.807, 2.05) is 36.4 Å². The van der Waals surface area contributed by atoms with Crippen LogP contribution < -0.4 is 14.8 Å². The summed E-state index contributed by atoms with van der Waals surface area (Å²) in [6.07, 6.45) is 7.25. The van der Waals surface area contributed by atoms with E-state index in [1.165, 1.54) is 12.1 Å². The quantitative estimate of drug-likeness (QED) is 0.501. The average Bonchev–Trinajstić information content (AvgIpc) is 3.35. The lowest BCUT2D eigenvalue weighted by molar-refractivity contribution is 0.0950. The van der Waals surface area contributed by atoms with Gasteiger partial charge in [0.05, 0.1) is 4.90 Å². The zero-order valence-corrected chi connectivity index (χ0v) is 19.1. The van der Waals surface area contributed by atoms with Crippen LogP contribution in [0.2, 0.25) is 0 Å². The fourth-order valence-electron chi connectivity index (χ4n) is 3.77. The number of amides is 1. The monoisotopic (exact) mass is 465 g/mol. The summed E-state index contributed by atoms with van der Waals surface area (Å²) in [5.74, 6) is 0.395. The number of benzene rings is 2. The van der Waals surface area contributed by atoms with Gasteiger partial charge in [0.2, 0.25) is 10.0 Å². The molecule has 4 rings (SSSR count). The number of hydrogen-bond acceptors (Lipinski definition) is 5. The van der Waals surface area contributed by atoms with Gasteiger partial charge in [-0.3, -0.25) is 9.78 Å². The van der Waals surface area contributed by atoms with Crippen molar-refractivity contribution >= 4 is 15.9 Å². The fraction of sp³-hybridized carbons (Fsp3) is 0.280. The van der Waals surface area contributed by atoms with Crippen molar-refractivity contribution in [3.63, 3.8) is 0 Å². The van der Waals surface area contributed by atoms with Gasteiger partial charge in [-0.1, -0.05) is 37.1 Å². The molecule has 33 heavy (non-hydrogen) atoms. The van der Waals surface area contributed by atoms with Crippen LogP contribution in [0.1, 0.15) is 47.2 Å². The van der Waals surface area contributed by atoms with Gasteiger partial charge >= 0.3 is 0 Å². The molecule has 1 aromatic heterocycles. The number of carbonyl (C=O) groups excluding carboxylic acids is 1. The lowest BCUT2D eigenvalue weighted by atomic mass is 10.2. The van der Waals surface area contributed by atoms with Gasteiger partial charge in [-0.25, -0.2) is 13.1 Å². The van der Waals surface area contributed by atoms with E-state index in [1.54, 1.807) is 24.5 Å². The summed E-state index contributed by atoms with van der Waals surface area (Å²) in [6.45, 7) is 0.748. The maximum Gasteiger partial charge on any atom is 0.251 e. The van der Waals surface area contributed by atoms with Crippen LogP contribution in [0.25, 0.3) is 0 Å². The third kappa shape index (κ3) is 6.40. The second-order valence-corrected chi connectivity index (χ2v) is 9.82. The van der Waals surface area contributed by atoms with E-state index in [0.717, 1.165) is 42.6 Å². The number of carbonyl (C=O) groups is 1. The van der Waals surface area contributed by atoms with Crippen molar-refractivity contribution in [2.75, 3.05) is 0 Å². The normalized spacial score (nSPS) is 14.2. The van der Waals surface area contributed by atoms with E-state index in [-0.39, 0.29) is 16.8 Å². The van der Waals surface area contributed by atoms with E-state index < -0.39 is 10.0 Å². The largest absolute Gasteiger partial charge is 0.489 e. The second-order valence-electron chi connectivity index (χ2n) is 8.11. The Kier molecular flexibility index (Phi) is 7.36. The molecule has 1 aliphatic carbocycles. The highest BCUT2D eigenvalue weighted by molar-refractivity contribution is 7.89. The van der Waals surface area contributed by atoms with Crippen LogP contribution in [0, 0.1) is 0 Å². The summed E-state index contributed by atoms with van der Waals surface area (Å²) in [5.41, 5.74) is 2.20. The smallest absolute Gasteiger partial charge is 0.251 e. The summed E-state index contributed by atoms with van der Waals surface area (Å²) >= 11 is 0. The molecule has 0 unspecified atom stereocenters. The van der Waals surface area contributed by atoms with Crippen molar-refractivity contribution in [2.24, 2.45) is 0 Å². The molecular weight excluding hydrogens is 438 g/mol. The van der Waals surface area contributed by atoms with Gasteiger partial charge in [-0.15, -0.1) is 0 Å². The maximum absolute atomic E-state index is 12.7. The zero-order chi connectivity index (χ0) is 23.1. The minimum Gasteiger partial charge on any atom is -0.489 e. The van der Waals surface area contributed by atoms with Crippen molar-refractivity contribution in [2.45, 2.75) is 49.8 Å². The molecule has 1 aliphatic rings. The summed E-state index contributed by atoms with van der Waals surface area (Å²) in [6, 6.07) is 17.4. The van der Waals surface area contributed by atoms with Gasteiger partial charge in [-0.05, 0) is 54.8 Å². The number of nitrogens with one attached hydrogen (secondary N) is 2. The highest BCUT2D eigenvalue weighted by atomic mass is 32.2. The molecular formula is C25H27N3O4S. The first-order valence-electron chi connectivity index (χ1n) is 11.0. The summed E-state index contributed by atoms with van der Waals surface area (Å²) in [7, 11) is -3.65. The van der Waals surface area contributed by atoms with Gasteiger partial charge in [0.25, 0.3) is 5.91 Å². The Bertz CT molecular complexity index is 1180. The molecule has 8 heteroatoms. The molecule has 0 saturated heterocycles. The van der Waals surface area contributed by atoms with Crippen LogP contribution in [-0.2, 0) is 23.2 Å². The molecule has 172 valence electrons. The Morgan fingerprint density at radius 2 is 1.79 bits per heavy atom. The third-order valence-corrected chi connectivity index (χ3v) is 7.11. The van der Waals surface area contributed by atoms with Crippen LogP contribution in [0.3, 0.4) is 0 Å². The summed E-state index contributed by atoms with van der Waals surface area (Å²) in [5, 5.41) is 2.84. The SMILES string of the molecule is O=C(NCc1ccc(OCc2cccnc2)cc1)c1cccc(S(=O)(=O)NC2CCCC2)c1. The molecule has 2 aromatic carbocycles. The van der Waals surface area contributed by atoms with Gasteiger partial charge in [-0.2, -0.15) is 0 Å². The van der Waals surface area contributed by atoms with Crippen LogP contribution in [0.4, 0.5) is 0 Å². The van der Waals surface area contributed by atoms with Crippen LogP contribution in [0.5, 0.6) is 5.75 Å². The maximum atomic E-state index is 12.7. The first-order chi connectivity index (χ1) is 16.0. The minimum absolute atomic E-state index is 0.0243. The van der Waals surface area contributed by atoms with Crippen molar-refractivity contribution in [3.05, 3.63) is 89.7 Å². The molecule has 0 radical (unpaired) electrons. The Morgan fingerprint density at radius 3 is 2.52 bits per heavy atom. The fourth-order valence-corrected chi connectivity index (χ4v) is 5.12. The molecule has 0 spiro atoms. The molecule has 3 aromatic rings. The van der Waals surface area contributed by atoms with Crippen molar-refractivity contribution in [1.29, 1.82) is 0 Å². The number of rotatable bonds is 9. The number of aromatic nitrogens is 1. The lowest BCUT2D eigenvalue weighted by Crippen LogP contribution is -2.32. The summed E-state index contributed by atoms with van der Waals surface area (Å²) in [4.78, 5) is 16.8. The van der Waals surface area contributed by atoms with Crippen LogP contribution in [0.15, 0.2) is 78.0 Å². The number of sulfonamides is 1. The summed E-state index contributed by atoms with van der Waals surface area (Å²) < 4.78 is 33.8. The molecule has 7 nitrogen and oxygen atoms in total. The first-order valence-corrected chi connectivity index (χ1v) is 12.5. The minimum atomic E-state index is -3.65. The van der Waals surface area contributed by atoms with Crippen molar-refractivity contribution < 1.29 is 17.9 Å². The molecule has 1 saturated carbocycles. The van der Waals surface area contributed by atoms with E-state index in [2.05, 4.69) is 15.0 Å². The van der Waals surface area contributed by atoms with Crippen LogP contribution >= 0.6 is 0 Å².